The highest BCUT2D eigenvalue weighted by Gasteiger charge is 2.31. The van der Waals surface area contributed by atoms with Crippen LogP contribution in [0.1, 0.15) is 37.0 Å². The molecule has 0 amide bonds. The Balaban J connectivity index is 3.25. The van der Waals surface area contributed by atoms with Crippen molar-refractivity contribution >= 4 is 11.9 Å². The van der Waals surface area contributed by atoms with E-state index in [2.05, 4.69) is 5.32 Å². The van der Waals surface area contributed by atoms with E-state index in [0.29, 0.717) is 35.6 Å². The minimum absolute atomic E-state index is 0.221. The molecular weight excluding hydrogens is 353 g/mol. The zero-order chi connectivity index (χ0) is 20.6. The molecule has 4 nitrogen and oxygen atoms in total. The molecular formula is C20H31F3N4. The summed E-state index contributed by atoms with van der Waals surface area (Å²) >= 11 is 0. The van der Waals surface area contributed by atoms with Crippen LogP contribution in [0.15, 0.2) is 23.8 Å². The van der Waals surface area contributed by atoms with Gasteiger partial charge < -0.3 is 21.4 Å². The first-order valence-electron chi connectivity index (χ1n) is 9.12. The number of benzene rings is 1. The predicted molar refractivity (Wildman–Crippen MR) is 106 cm³/mol. The van der Waals surface area contributed by atoms with Crippen LogP contribution in [0.25, 0.3) is 5.70 Å². The average molecular weight is 384 g/mol. The van der Waals surface area contributed by atoms with E-state index in [-0.39, 0.29) is 5.70 Å². The van der Waals surface area contributed by atoms with Crippen molar-refractivity contribution in [1.82, 2.24) is 10.2 Å². The number of nitrogens with one attached hydrogen (secondary N) is 2. The largest absolute Gasteiger partial charge is 0.416 e. The SMILES string of the molecule is CNCCN(C)CC(C=N)=C(N)c1cc(CCC(C)C)cc(C(F)(F)F)c1. The molecule has 0 aromatic heterocycles. The molecule has 1 aromatic carbocycles. The summed E-state index contributed by atoms with van der Waals surface area (Å²) in [6, 6.07) is 3.98. The van der Waals surface area contributed by atoms with Gasteiger partial charge in [0.2, 0.25) is 0 Å². The summed E-state index contributed by atoms with van der Waals surface area (Å²) in [6.45, 7) is 5.98. The lowest BCUT2D eigenvalue weighted by Gasteiger charge is -2.19. The van der Waals surface area contributed by atoms with Crippen molar-refractivity contribution in [2.24, 2.45) is 11.7 Å². The van der Waals surface area contributed by atoms with Crippen LogP contribution in [0.4, 0.5) is 13.2 Å². The Morgan fingerprint density at radius 2 is 1.96 bits per heavy atom. The summed E-state index contributed by atoms with van der Waals surface area (Å²) in [6.07, 6.45) is -1.95. The van der Waals surface area contributed by atoms with Gasteiger partial charge >= 0.3 is 6.18 Å². The van der Waals surface area contributed by atoms with Crippen LogP contribution in [0.2, 0.25) is 0 Å². The first kappa shape index (κ1) is 23.2. The summed E-state index contributed by atoms with van der Waals surface area (Å²) in [5.74, 6) is 0.397. The fourth-order valence-corrected chi connectivity index (χ4v) is 2.68. The molecule has 7 heteroatoms. The van der Waals surface area contributed by atoms with E-state index in [4.69, 9.17) is 11.1 Å². The Bertz CT molecular complexity index is 651. The van der Waals surface area contributed by atoms with Crippen LogP contribution in [-0.4, -0.2) is 44.8 Å². The topological polar surface area (TPSA) is 65.1 Å². The van der Waals surface area contributed by atoms with Crippen LogP contribution in [0.5, 0.6) is 0 Å². The van der Waals surface area contributed by atoms with Gasteiger partial charge in [-0.15, -0.1) is 0 Å². The second-order valence-corrected chi connectivity index (χ2v) is 7.27. The van der Waals surface area contributed by atoms with Gasteiger partial charge in [0.25, 0.3) is 0 Å². The van der Waals surface area contributed by atoms with Crippen molar-refractivity contribution in [3.8, 4) is 0 Å². The van der Waals surface area contributed by atoms with Crippen molar-refractivity contribution in [2.45, 2.75) is 32.9 Å². The normalized spacial score (nSPS) is 13.2. The minimum Gasteiger partial charge on any atom is -0.398 e. The number of nitrogens with zero attached hydrogens (tertiary/aromatic N) is 1. The van der Waals surface area contributed by atoms with Gasteiger partial charge in [0.1, 0.15) is 0 Å². The number of halogens is 3. The molecule has 0 bridgehead atoms. The van der Waals surface area contributed by atoms with Gasteiger partial charge in [-0.1, -0.05) is 13.8 Å². The van der Waals surface area contributed by atoms with E-state index < -0.39 is 11.7 Å². The smallest absolute Gasteiger partial charge is 0.398 e. The average Bonchev–Trinajstić information content (AvgIpc) is 2.61. The molecule has 0 saturated carbocycles. The second kappa shape index (κ2) is 10.5. The summed E-state index contributed by atoms with van der Waals surface area (Å²) < 4.78 is 40.0. The lowest BCUT2D eigenvalue weighted by molar-refractivity contribution is -0.137. The van der Waals surface area contributed by atoms with E-state index in [1.165, 1.54) is 6.07 Å². The van der Waals surface area contributed by atoms with E-state index in [9.17, 15) is 13.2 Å². The minimum atomic E-state index is -4.43. The summed E-state index contributed by atoms with van der Waals surface area (Å²) in [5, 5.41) is 10.7. The summed E-state index contributed by atoms with van der Waals surface area (Å²) in [4.78, 5) is 1.97. The van der Waals surface area contributed by atoms with Crippen LogP contribution in [0.3, 0.4) is 0 Å². The van der Waals surface area contributed by atoms with Gasteiger partial charge in [0.05, 0.1) is 5.56 Å². The zero-order valence-corrected chi connectivity index (χ0v) is 16.6. The van der Waals surface area contributed by atoms with Gasteiger partial charge in [-0.3, -0.25) is 0 Å². The maximum Gasteiger partial charge on any atom is 0.416 e. The van der Waals surface area contributed by atoms with Crippen LogP contribution in [-0.2, 0) is 12.6 Å². The molecule has 0 aliphatic heterocycles. The highest BCUT2D eigenvalue weighted by molar-refractivity contribution is 5.89. The Morgan fingerprint density at radius 3 is 2.48 bits per heavy atom. The van der Waals surface area contributed by atoms with Gasteiger partial charge in [0, 0.05) is 37.1 Å². The Morgan fingerprint density at radius 1 is 1.30 bits per heavy atom. The van der Waals surface area contributed by atoms with E-state index >= 15 is 0 Å². The fourth-order valence-electron chi connectivity index (χ4n) is 2.68. The molecule has 1 aromatic rings. The Hall–Kier alpha value is -1.86. The van der Waals surface area contributed by atoms with E-state index in [0.717, 1.165) is 31.8 Å². The summed E-state index contributed by atoms with van der Waals surface area (Å²) in [5.41, 5.74) is 7.14. The molecule has 152 valence electrons. The first-order valence-corrected chi connectivity index (χ1v) is 9.12. The number of nitrogens with two attached hydrogens (primary N) is 1. The molecule has 0 saturated heterocycles. The number of hydrogen-bond donors (Lipinski definition) is 3. The van der Waals surface area contributed by atoms with Gasteiger partial charge in [-0.05, 0) is 62.2 Å². The number of hydrogen-bond acceptors (Lipinski definition) is 4. The van der Waals surface area contributed by atoms with Crippen LogP contribution in [0, 0.1) is 11.3 Å². The third kappa shape index (κ3) is 7.72. The predicted octanol–water partition coefficient (Wildman–Crippen LogP) is 3.76. The van der Waals surface area contributed by atoms with Crippen LogP contribution >= 0.6 is 0 Å². The molecule has 0 fully saturated rings. The molecule has 0 unspecified atom stereocenters. The molecule has 1 rings (SSSR count). The van der Waals surface area contributed by atoms with Gasteiger partial charge in [-0.25, -0.2) is 0 Å². The third-order valence-corrected chi connectivity index (χ3v) is 4.35. The third-order valence-electron chi connectivity index (χ3n) is 4.35. The van der Waals surface area contributed by atoms with Crippen LogP contribution < -0.4 is 11.1 Å². The molecule has 0 aliphatic rings. The molecule has 0 atom stereocenters. The molecule has 0 spiro atoms. The monoisotopic (exact) mass is 384 g/mol. The van der Waals surface area contributed by atoms with Crippen molar-refractivity contribution in [3.63, 3.8) is 0 Å². The number of aryl methyl sites for hydroxylation is 1. The quantitative estimate of drug-likeness (QED) is 0.538. The number of alkyl halides is 3. The summed E-state index contributed by atoms with van der Waals surface area (Å²) in [7, 11) is 3.73. The highest BCUT2D eigenvalue weighted by Crippen LogP contribution is 2.32. The highest BCUT2D eigenvalue weighted by atomic mass is 19.4. The lowest BCUT2D eigenvalue weighted by atomic mass is 9.96. The zero-order valence-electron chi connectivity index (χ0n) is 16.6. The first-order chi connectivity index (χ1) is 12.6. The second-order valence-electron chi connectivity index (χ2n) is 7.27. The standard InChI is InChI=1S/C20H31F3N4/c1-14(2)5-6-15-9-16(11-18(10-15)20(21,22)23)19(25)17(12-24)13-27(4)8-7-26-3/h9-12,14,24,26H,5-8,13,25H2,1-4H3. The van der Waals surface area contributed by atoms with Crippen molar-refractivity contribution in [1.29, 1.82) is 5.41 Å². The van der Waals surface area contributed by atoms with E-state index in [1.54, 1.807) is 6.07 Å². The Kier molecular flexibility index (Phi) is 8.99. The number of likely N-dealkylation sites (N-methyl/N-ethyl adjacent to an activating group) is 2. The maximum atomic E-state index is 13.3. The Labute approximate surface area is 160 Å². The van der Waals surface area contributed by atoms with Crippen molar-refractivity contribution in [2.75, 3.05) is 33.7 Å². The van der Waals surface area contributed by atoms with Crippen molar-refractivity contribution < 1.29 is 13.2 Å². The fraction of sp³-hybridized carbons (Fsp3) is 0.550. The molecule has 0 aliphatic carbocycles. The maximum absolute atomic E-state index is 13.3. The molecule has 0 heterocycles. The molecule has 0 radical (unpaired) electrons. The van der Waals surface area contributed by atoms with Gasteiger partial charge in [-0.2, -0.15) is 13.2 Å². The molecule has 4 N–H and O–H groups in total. The van der Waals surface area contributed by atoms with E-state index in [1.807, 2.05) is 32.8 Å². The molecule has 27 heavy (non-hydrogen) atoms. The van der Waals surface area contributed by atoms with Crippen molar-refractivity contribution in [3.05, 3.63) is 40.5 Å². The van der Waals surface area contributed by atoms with Gasteiger partial charge in [0.15, 0.2) is 0 Å². The lowest BCUT2D eigenvalue weighted by Crippen LogP contribution is -2.30. The number of rotatable bonds is 10.